The summed E-state index contributed by atoms with van der Waals surface area (Å²) < 4.78 is 35.9. The van der Waals surface area contributed by atoms with Crippen molar-refractivity contribution in [2.24, 2.45) is 0 Å². The molecule has 0 saturated carbocycles. The molecule has 4 aromatic rings. The topological polar surface area (TPSA) is 182 Å². The summed E-state index contributed by atoms with van der Waals surface area (Å²) in [5, 5.41) is 20.1. The third-order valence-corrected chi connectivity index (χ3v) is 7.99. The van der Waals surface area contributed by atoms with Crippen LogP contribution in [0.3, 0.4) is 0 Å². The summed E-state index contributed by atoms with van der Waals surface area (Å²) in [5.74, 6) is 0.639. The number of aromatic nitrogens is 3. The highest BCUT2D eigenvalue weighted by molar-refractivity contribution is 7.47. The predicted molar refractivity (Wildman–Crippen MR) is 157 cm³/mol. The molecule has 14 heteroatoms. The van der Waals surface area contributed by atoms with E-state index in [2.05, 4.69) is 9.97 Å². The Morgan fingerprint density at radius 2 is 1.82 bits per heavy atom. The van der Waals surface area contributed by atoms with Crippen molar-refractivity contribution in [2.75, 3.05) is 0 Å². The summed E-state index contributed by atoms with van der Waals surface area (Å²) in [6.45, 7) is 1.71. The molecule has 1 unspecified atom stereocenters. The van der Waals surface area contributed by atoms with Gasteiger partial charge in [0.1, 0.15) is 24.6 Å². The van der Waals surface area contributed by atoms with Crippen molar-refractivity contribution in [2.45, 2.75) is 57.7 Å². The summed E-state index contributed by atoms with van der Waals surface area (Å²) in [6, 6.07) is 19.4. The second kappa shape index (κ2) is 13.8. The first-order valence-corrected chi connectivity index (χ1v) is 15.3. The van der Waals surface area contributed by atoms with Crippen LogP contribution in [0.1, 0.15) is 36.3 Å². The Morgan fingerprint density at radius 3 is 2.55 bits per heavy atom. The largest absolute Gasteiger partial charge is 0.489 e. The molecular formula is C30H32N3O10P. The molecule has 4 N–H and O–H groups in total. The monoisotopic (exact) mass is 625 g/mol. The molecule has 0 radical (unpaired) electrons. The van der Waals surface area contributed by atoms with E-state index in [0.29, 0.717) is 30.0 Å². The number of nitrogens with zero attached hydrogens (tertiary/aromatic N) is 2. The zero-order chi connectivity index (χ0) is 31.3. The van der Waals surface area contributed by atoms with E-state index in [-0.39, 0.29) is 13.2 Å². The van der Waals surface area contributed by atoms with Crippen LogP contribution < -0.4 is 16.0 Å². The van der Waals surface area contributed by atoms with Crippen LogP contribution in [-0.4, -0.2) is 48.0 Å². The zero-order valence-electron chi connectivity index (χ0n) is 23.7. The molecule has 1 fully saturated rings. The number of pyridine rings is 1. The highest BCUT2D eigenvalue weighted by Crippen LogP contribution is 2.49. The van der Waals surface area contributed by atoms with Crippen molar-refractivity contribution in [1.29, 1.82) is 0 Å². The van der Waals surface area contributed by atoms with E-state index >= 15 is 0 Å². The van der Waals surface area contributed by atoms with Crippen molar-refractivity contribution < 1.29 is 38.2 Å². The fraction of sp³-hybridized carbons (Fsp3) is 0.300. The van der Waals surface area contributed by atoms with Crippen molar-refractivity contribution >= 4 is 7.82 Å². The fourth-order valence-electron chi connectivity index (χ4n) is 4.79. The van der Waals surface area contributed by atoms with E-state index in [1.165, 1.54) is 6.20 Å². The van der Waals surface area contributed by atoms with Gasteiger partial charge in [-0.2, -0.15) is 0 Å². The molecule has 44 heavy (non-hydrogen) atoms. The molecule has 1 aliphatic heterocycles. The number of nitrogens with one attached hydrogen (secondary N) is 1. The van der Waals surface area contributed by atoms with Gasteiger partial charge in [0.2, 0.25) is 0 Å². The number of aromatic amines is 1. The molecule has 2 aromatic carbocycles. The Labute approximate surface area is 251 Å². The van der Waals surface area contributed by atoms with Crippen LogP contribution >= 0.6 is 7.82 Å². The van der Waals surface area contributed by atoms with Crippen LogP contribution in [-0.2, 0) is 38.2 Å². The third kappa shape index (κ3) is 7.58. The van der Waals surface area contributed by atoms with Crippen molar-refractivity contribution in [3.8, 4) is 17.0 Å². The Balaban J connectivity index is 1.18. The van der Waals surface area contributed by atoms with E-state index < -0.39 is 43.6 Å². The average molecular weight is 626 g/mol. The first-order chi connectivity index (χ1) is 21.2. The van der Waals surface area contributed by atoms with E-state index in [1.54, 1.807) is 19.1 Å². The van der Waals surface area contributed by atoms with Gasteiger partial charge in [-0.05, 0) is 41.3 Å². The lowest BCUT2D eigenvalue weighted by Gasteiger charge is -2.22. The minimum Gasteiger partial charge on any atom is -0.489 e. The Morgan fingerprint density at radius 1 is 1.02 bits per heavy atom. The van der Waals surface area contributed by atoms with Gasteiger partial charge in [0.05, 0.1) is 25.0 Å². The Kier molecular flexibility index (Phi) is 9.87. The lowest BCUT2D eigenvalue weighted by atomic mass is 10.1. The highest BCUT2D eigenvalue weighted by atomic mass is 31.2. The molecule has 0 amide bonds. The number of ether oxygens (including phenoxy) is 2. The van der Waals surface area contributed by atoms with Crippen LogP contribution in [0.15, 0.2) is 88.7 Å². The maximum absolute atomic E-state index is 12.8. The average Bonchev–Trinajstić information content (AvgIpc) is 3.33. The summed E-state index contributed by atoms with van der Waals surface area (Å²) in [7, 11) is -4.69. The SMILES string of the molecule is CC[C@H]1O[C@@H](n2ccc(=O)[nH]c2=O)[C@H](O)[C@@H]1OP(=O)(O)OCc1ccc(-c2cccc(OCc3cccc(CO)c3)c2)nc1. The van der Waals surface area contributed by atoms with E-state index in [1.807, 2.05) is 48.5 Å². The number of hydrogen-bond acceptors (Lipinski definition) is 10. The Bertz CT molecular complexity index is 1740. The van der Waals surface area contributed by atoms with Gasteiger partial charge in [0.15, 0.2) is 6.23 Å². The lowest BCUT2D eigenvalue weighted by molar-refractivity contribution is -0.0405. The predicted octanol–water partition coefficient (Wildman–Crippen LogP) is 3.04. The number of aliphatic hydroxyl groups excluding tert-OH is 2. The van der Waals surface area contributed by atoms with Crippen molar-refractivity contribution in [3.63, 3.8) is 0 Å². The number of benzene rings is 2. The number of phosphoric acid groups is 1. The first-order valence-electron chi connectivity index (χ1n) is 13.8. The van der Waals surface area contributed by atoms with Gasteiger partial charge in [-0.25, -0.2) is 9.36 Å². The number of hydrogen-bond donors (Lipinski definition) is 4. The molecule has 5 rings (SSSR count). The molecule has 2 aromatic heterocycles. The van der Waals surface area contributed by atoms with Crippen LogP contribution in [0, 0.1) is 0 Å². The summed E-state index contributed by atoms with van der Waals surface area (Å²) >= 11 is 0. The number of H-pyrrole nitrogens is 1. The fourth-order valence-corrected chi connectivity index (χ4v) is 5.73. The van der Waals surface area contributed by atoms with E-state index in [4.69, 9.17) is 18.5 Å². The lowest BCUT2D eigenvalue weighted by Crippen LogP contribution is -2.38. The van der Waals surface area contributed by atoms with Gasteiger partial charge in [-0.3, -0.25) is 28.4 Å². The molecule has 1 saturated heterocycles. The zero-order valence-corrected chi connectivity index (χ0v) is 24.6. The normalized spacial score (nSPS) is 21.2. The first kappa shape index (κ1) is 31.5. The number of rotatable bonds is 12. The van der Waals surface area contributed by atoms with Crippen LogP contribution in [0.25, 0.3) is 11.3 Å². The second-order valence-electron chi connectivity index (χ2n) is 10.1. The van der Waals surface area contributed by atoms with Gasteiger partial charge in [0, 0.05) is 24.0 Å². The molecule has 0 spiro atoms. The van der Waals surface area contributed by atoms with Gasteiger partial charge in [-0.15, -0.1) is 0 Å². The van der Waals surface area contributed by atoms with Crippen LogP contribution in [0.4, 0.5) is 0 Å². The smallest absolute Gasteiger partial charge is 0.472 e. The number of phosphoric ester groups is 1. The van der Waals surface area contributed by atoms with E-state index in [9.17, 15) is 29.3 Å². The maximum atomic E-state index is 12.8. The Hall–Kier alpha value is -3.94. The van der Waals surface area contributed by atoms with Gasteiger partial charge >= 0.3 is 13.5 Å². The summed E-state index contributed by atoms with van der Waals surface area (Å²) in [4.78, 5) is 40.5. The van der Waals surface area contributed by atoms with Gasteiger partial charge in [0.25, 0.3) is 5.56 Å². The van der Waals surface area contributed by atoms with Crippen molar-refractivity contribution in [3.05, 3.63) is 117 Å². The summed E-state index contributed by atoms with van der Waals surface area (Å²) in [6.07, 6.45) is -1.89. The van der Waals surface area contributed by atoms with Crippen LogP contribution in [0.2, 0.25) is 0 Å². The van der Waals surface area contributed by atoms with Crippen LogP contribution in [0.5, 0.6) is 5.75 Å². The molecule has 0 aliphatic carbocycles. The molecule has 232 valence electrons. The van der Waals surface area contributed by atoms with Gasteiger partial charge in [-0.1, -0.05) is 49.4 Å². The molecular weight excluding hydrogens is 593 g/mol. The van der Waals surface area contributed by atoms with Gasteiger partial charge < -0.3 is 24.6 Å². The van der Waals surface area contributed by atoms with Crippen molar-refractivity contribution in [1.82, 2.24) is 14.5 Å². The maximum Gasteiger partial charge on any atom is 0.472 e. The number of aliphatic hydroxyl groups is 2. The minimum absolute atomic E-state index is 0.0414. The molecule has 5 atom stereocenters. The van der Waals surface area contributed by atoms with E-state index in [0.717, 1.165) is 33.5 Å². The quantitative estimate of drug-likeness (QED) is 0.170. The second-order valence-corrected chi connectivity index (χ2v) is 11.5. The standard InChI is InChI=1S/C30H32N3O10P/c1-2-25-28(27(36)29(42-25)33-12-11-26(35)32-30(33)37)43-44(38,39)41-18-21-9-10-24(31-15-21)22-7-4-8-23(14-22)40-17-20-6-3-5-19(13-20)16-34/h3-15,25,27-29,34,36H,2,16-18H2,1H3,(H,38,39)(H,32,35,37)/t25-,27-,28-,29-/m1/s1. The summed E-state index contributed by atoms with van der Waals surface area (Å²) in [5.41, 5.74) is 2.25. The third-order valence-electron chi connectivity index (χ3n) is 7.02. The molecule has 1 aliphatic rings. The molecule has 13 nitrogen and oxygen atoms in total. The molecule has 3 heterocycles. The molecule has 0 bridgehead atoms. The minimum atomic E-state index is -4.69. The highest BCUT2D eigenvalue weighted by Gasteiger charge is 2.48.